The van der Waals surface area contributed by atoms with Crippen LogP contribution in [0.4, 0.5) is 5.69 Å². The van der Waals surface area contributed by atoms with Gasteiger partial charge in [0.2, 0.25) is 11.8 Å². The van der Waals surface area contributed by atoms with Crippen molar-refractivity contribution in [2.75, 3.05) is 18.6 Å². The second kappa shape index (κ2) is 8.87. The molecule has 2 aromatic carbocycles. The number of nitrogens with one attached hydrogen (secondary N) is 1. The lowest BCUT2D eigenvalue weighted by Crippen LogP contribution is -2.34. The molecule has 1 atom stereocenters. The van der Waals surface area contributed by atoms with Crippen molar-refractivity contribution in [3.8, 4) is 5.75 Å². The Kier molecular flexibility index (Phi) is 6.57. The van der Waals surface area contributed by atoms with Crippen molar-refractivity contribution in [3.63, 3.8) is 0 Å². The van der Waals surface area contributed by atoms with Gasteiger partial charge in [-0.1, -0.05) is 36.4 Å². The van der Waals surface area contributed by atoms with Gasteiger partial charge < -0.3 is 15.0 Å². The number of para-hydroxylation sites is 2. The molecule has 0 bridgehead atoms. The van der Waals surface area contributed by atoms with E-state index in [9.17, 15) is 9.59 Å². The molecule has 132 valence electrons. The Bertz CT molecular complexity index is 716. The Morgan fingerprint density at radius 2 is 1.72 bits per heavy atom. The average Bonchev–Trinajstić information content (AvgIpc) is 2.61. The number of anilines is 1. The smallest absolute Gasteiger partial charge is 0.229 e. The Morgan fingerprint density at radius 1 is 1.08 bits per heavy atom. The van der Waals surface area contributed by atoms with Crippen molar-refractivity contribution in [3.05, 3.63) is 60.2 Å². The molecule has 0 radical (unpaired) electrons. The first-order chi connectivity index (χ1) is 12.0. The van der Waals surface area contributed by atoms with Gasteiger partial charge in [-0.05, 0) is 25.1 Å². The van der Waals surface area contributed by atoms with Crippen molar-refractivity contribution in [1.29, 1.82) is 0 Å². The van der Waals surface area contributed by atoms with Crippen LogP contribution < -0.4 is 15.0 Å². The van der Waals surface area contributed by atoms with Crippen LogP contribution in [0.15, 0.2) is 54.6 Å². The van der Waals surface area contributed by atoms with Crippen LogP contribution in [-0.4, -0.2) is 25.5 Å². The Labute approximate surface area is 148 Å². The van der Waals surface area contributed by atoms with Gasteiger partial charge in [0.15, 0.2) is 0 Å². The van der Waals surface area contributed by atoms with Gasteiger partial charge in [-0.25, -0.2) is 0 Å². The minimum atomic E-state index is -0.445. The SMILES string of the molecule is CCOc1ccccc1[C@H](CC(=O)N(C)c1ccccc1)NC(C)=O. The number of rotatable bonds is 7. The van der Waals surface area contributed by atoms with Crippen molar-refractivity contribution < 1.29 is 14.3 Å². The number of ether oxygens (including phenoxy) is 1. The van der Waals surface area contributed by atoms with Gasteiger partial charge in [0, 0.05) is 25.2 Å². The largest absolute Gasteiger partial charge is 0.494 e. The van der Waals surface area contributed by atoms with Crippen molar-refractivity contribution in [2.45, 2.75) is 26.3 Å². The molecule has 2 aromatic rings. The van der Waals surface area contributed by atoms with Gasteiger partial charge in [0.1, 0.15) is 5.75 Å². The summed E-state index contributed by atoms with van der Waals surface area (Å²) in [6, 6.07) is 16.4. The molecule has 2 rings (SSSR count). The van der Waals surface area contributed by atoms with Crippen molar-refractivity contribution in [2.24, 2.45) is 0 Å². The predicted octanol–water partition coefficient (Wildman–Crippen LogP) is 3.32. The fraction of sp³-hybridized carbons (Fsp3) is 0.300. The summed E-state index contributed by atoms with van der Waals surface area (Å²) in [5, 5.41) is 2.87. The second-order valence-electron chi connectivity index (χ2n) is 5.72. The molecule has 0 unspecified atom stereocenters. The number of hydrogen-bond acceptors (Lipinski definition) is 3. The molecule has 2 amide bonds. The summed E-state index contributed by atoms with van der Waals surface area (Å²) in [5.41, 5.74) is 1.61. The third-order valence-electron chi connectivity index (χ3n) is 3.87. The summed E-state index contributed by atoms with van der Waals surface area (Å²) in [6.45, 7) is 3.86. The third-order valence-corrected chi connectivity index (χ3v) is 3.87. The van der Waals surface area contributed by atoms with Crippen LogP contribution >= 0.6 is 0 Å². The highest BCUT2D eigenvalue weighted by Crippen LogP contribution is 2.28. The number of benzene rings is 2. The molecule has 0 spiro atoms. The molecular weight excluding hydrogens is 316 g/mol. The fourth-order valence-corrected chi connectivity index (χ4v) is 2.65. The molecule has 1 N–H and O–H groups in total. The minimum Gasteiger partial charge on any atom is -0.494 e. The number of carbonyl (C=O) groups is 2. The normalized spacial score (nSPS) is 11.5. The first-order valence-electron chi connectivity index (χ1n) is 8.33. The molecule has 0 saturated carbocycles. The van der Waals surface area contributed by atoms with E-state index in [0.717, 1.165) is 11.3 Å². The van der Waals surface area contributed by atoms with Crippen LogP contribution in [-0.2, 0) is 9.59 Å². The minimum absolute atomic E-state index is 0.0868. The highest BCUT2D eigenvalue weighted by atomic mass is 16.5. The Balaban J connectivity index is 2.23. The topological polar surface area (TPSA) is 58.6 Å². The van der Waals surface area contributed by atoms with Crippen molar-refractivity contribution in [1.82, 2.24) is 5.32 Å². The lowest BCUT2D eigenvalue weighted by Gasteiger charge is -2.24. The first kappa shape index (κ1) is 18.5. The van der Waals surface area contributed by atoms with Crippen LogP contribution in [0.1, 0.15) is 31.9 Å². The molecule has 0 heterocycles. The summed E-state index contributed by atoms with van der Waals surface area (Å²) in [7, 11) is 1.73. The van der Waals surface area contributed by atoms with E-state index >= 15 is 0 Å². The molecule has 0 aliphatic heterocycles. The number of nitrogens with zero attached hydrogens (tertiary/aromatic N) is 1. The van der Waals surface area contributed by atoms with Gasteiger partial charge in [-0.3, -0.25) is 9.59 Å². The van der Waals surface area contributed by atoms with E-state index in [-0.39, 0.29) is 18.2 Å². The van der Waals surface area contributed by atoms with E-state index in [1.54, 1.807) is 11.9 Å². The lowest BCUT2D eigenvalue weighted by molar-refractivity contribution is -0.121. The maximum absolute atomic E-state index is 12.7. The zero-order valence-electron chi connectivity index (χ0n) is 14.9. The maximum atomic E-state index is 12.7. The molecule has 0 aliphatic carbocycles. The van der Waals surface area contributed by atoms with Crippen LogP contribution in [0.25, 0.3) is 0 Å². The zero-order chi connectivity index (χ0) is 18.2. The standard InChI is InChI=1S/C20H24N2O3/c1-4-25-19-13-9-8-12-17(19)18(21-15(2)23)14-20(24)22(3)16-10-6-5-7-11-16/h5-13,18H,4,14H2,1-3H3,(H,21,23)/t18-/m0/s1. The zero-order valence-corrected chi connectivity index (χ0v) is 14.9. The van der Waals surface area contributed by atoms with Crippen LogP contribution in [0.5, 0.6) is 5.75 Å². The highest BCUT2D eigenvalue weighted by molar-refractivity contribution is 5.93. The third kappa shape index (κ3) is 5.08. The number of carbonyl (C=O) groups excluding carboxylic acids is 2. The molecule has 5 heteroatoms. The maximum Gasteiger partial charge on any atom is 0.229 e. The van der Waals surface area contributed by atoms with E-state index in [1.165, 1.54) is 6.92 Å². The summed E-state index contributed by atoms with van der Waals surface area (Å²) < 4.78 is 5.65. The molecule has 0 aromatic heterocycles. The molecule has 0 saturated heterocycles. The highest BCUT2D eigenvalue weighted by Gasteiger charge is 2.23. The molecule has 25 heavy (non-hydrogen) atoms. The summed E-state index contributed by atoms with van der Waals surface area (Å²) in [6.07, 6.45) is 0.148. The molecule has 0 fully saturated rings. The Hall–Kier alpha value is -2.82. The summed E-state index contributed by atoms with van der Waals surface area (Å²) in [4.78, 5) is 25.9. The Morgan fingerprint density at radius 3 is 2.36 bits per heavy atom. The summed E-state index contributed by atoms with van der Waals surface area (Å²) in [5.74, 6) is 0.404. The summed E-state index contributed by atoms with van der Waals surface area (Å²) >= 11 is 0. The van der Waals surface area contributed by atoms with Gasteiger partial charge in [0.05, 0.1) is 19.1 Å². The van der Waals surface area contributed by atoms with E-state index in [2.05, 4.69) is 5.32 Å². The monoisotopic (exact) mass is 340 g/mol. The van der Waals surface area contributed by atoms with Crippen LogP contribution in [0, 0.1) is 0 Å². The van der Waals surface area contributed by atoms with Crippen molar-refractivity contribution >= 4 is 17.5 Å². The van der Waals surface area contributed by atoms with Gasteiger partial charge in [0.25, 0.3) is 0 Å². The van der Waals surface area contributed by atoms with Gasteiger partial charge in [-0.15, -0.1) is 0 Å². The quantitative estimate of drug-likeness (QED) is 0.841. The predicted molar refractivity (Wildman–Crippen MR) is 98.6 cm³/mol. The van der Waals surface area contributed by atoms with Gasteiger partial charge in [-0.2, -0.15) is 0 Å². The lowest BCUT2D eigenvalue weighted by atomic mass is 10.0. The second-order valence-corrected chi connectivity index (χ2v) is 5.72. The molecule has 5 nitrogen and oxygen atoms in total. The average molecular weight is 340 g/mol. The van der Waals surface area contributed by atoms with E-state index in [1.807, 2.05) is 61.5 Å². The molecular formula is C20H24N2O3. The number of hydrogen-bond donors (Lipinski definition) is 1. The van der Waals surface area contributed by atoms with E-state index < -0.39 is 6.04 Å². The van der Waals surface area contributed by atoms with E-state index in [0.29, 0.717) is 12.4 Å². The molecule has 0 aliphatic rings. The van der Waals surface area contributed by atoms with E-state index in [4.69, 9.17) is 4.74 Å². The first-order valence-corrected chi connectivity index (χ1v) is 8.33. The van der Waals surface area contributed by atoms with Gasteiger partial charge >= 0.3 is 0 Å². The number of amides is 2. The fourth-order valence-electron chi connectivity index (χ4n) is 2.65. The van der Waals surface area contributed by atoms with Crippen LogP contribution in [0.3, 0.4) is 0 Å². The van der Waals surface area contributed by atoms with Crippen LogP contribution in [0.2, 0.25) is 0 Å².